The molecule has 2 atom stereocenters. The number of carbonyl (C=O) groups excluding carboxylic acids is 2. The summed E-state index contributed by atoms with van der Waals surface area (Å²) in [4.78, 5) is 24.6. The average molecular weight is 330 g/mol. The molecule has 2 aliphatic rings. The minimum absolute atomic E-state index is 0.0471. The van der Waals surface area contributed by atoms with E-state index >= 15 is 0 Å². The first-order chi connectivity index (χ1) is 11.5. The van der Waals surface area contributed by atoms with Crippen molar-refractivity contribution in [3.8, 4) is 0 Å². The fraction of sp³-hybridized carbons (Fsp3) is 0.579. The van der Waals surface area contributed by atoms with Crippen molar-refractivity contribution in [2.45, 2.75) is 64.0 Å². The van der Waals surface area contributed by atoms with Gasteiger partial charge < -0.3 is 15.7 Å². The van der Waals surface area contributed by atoms with Crippen LogP contribution in [0, 0.1) is 12.8 Å². The van der Waals surface area contributed by atoms with E-state index in [2.05, 4.69) is 10.6 Å². The number of anilines is 1. The molecule has 1 aromatic rings. The van der Waals surface area contributed by atoms with E-state index in [0.29, 0.717) is 23.7 Å². The molecule has 2 amide bonds. The molecular formula is C19H26N2O3. The van der Waals surface area contributed by atoms with E-state index in [0.717, 1.165) is 31.2 Å². The number of hydrogen-bond donors (Lipinski definition) is 3. The Labute approximate surface area is 142 Å². The molecule has 130 valence electrons. The Hall–Kier alpha value is -1.88. The van der Waals surface area contributed by atoms with Gasteiger partial charge in [0.05, 0.1) is 12.0 Å². The van der Waals surface area contributed by atoms with Gasteiger partial charge in [-0.25, -0.2) is 0 Å². The second-order valence-electron chi connectivity index (χ2n) is 7.08. The van der Waals surface area contributed by atoms with Crippen LogP contribution in [0.3, 0.4) is 0 Å². The maximum Gasteiger partial charge on any atom is 0.251 e. The van der Waals surface area contributed by atoms with Crippen molar-refractivity contribution in [1.29, 1.82) is 0 Å². The van der Waals surface area contributed by atoms with Crippen molar-refractivity contribution >= 4 is 17.5 Å². The molecule has 1 aromatic carbocycles. The maximum atomic E-state index is 12.3. The van der Waals surface area contributed by atoms with Crippen LogP contribution in [0.2, 0.25) is 0 Å². The van der Waals surface area contributed by atoms with E-state index in [1.54, 1.807) is 12.1 Å². The molecule has 5 nitrogen and oxygen atoms in total. The molecule has 2 saturated carbocycles. The van der Waals surface area contributed by atoms with Gasteiger partial charge >= 0.3 is 0 Å². The summed E-state index contributed by atoms with van der Waals surface area (Å²) in [5.74, 6) is -0.505. The largest absolute Gasteiger partial charge is 0.392 e. The molecular weight excluding hydrogens is 304 g/mol. The maximum absolute atomic E-state index is 12.3. The first-order valence-electron chi connectivity index (χ1n) is 8.95. The Bertz CT molecular complexity index is 623. The molecule has 0 aromatic heterocycles. The number of carbonyl (C=O) groups is 2. The van der Waals surface area contributed by atoms with Crippen LogP contribution in [-0.4, -0.2) is 29.1 Å². The van der Waals surface area contributed by atoms with Crippen molar-refractivity contribution < 1.29 is 14.7 Å². The first kappa shape index (κ1) is 17.0. The number of aliphatic hydroxyl groups excluding tert-OH is 1. The summed E-state index contributed by atoms with van der Waals surface area (Å²) < 4.78 is 0. The molecule has 3 rings (SSSR count). The molecule has 0 spiro atoms. The van der Waals surface area contributed by atoms with Gasteiger partial charge in [0, 0.05) is 17.3 Å². The molecule has 5 heteroatoms. The Kier molecular flexibility index (Phi) is 5.19. The Morgan fingerprint density at radius 2 is 1.83 bits per heavy atom. The number of nitrogens with one attached hydrogen (secondary N) is 2. The zero-order valence-electron chi connectivity index (χ0n) is 14.2. The monoisotopic (exact) mass is 330 g/mol. The molecule has 0 heterocycles. The third-order valence-corrected chi connectivity index (χ3v) is 5.25. The minimum atomic E-state index is -0.540. The molecule has 0 aliphatic heterocycles. The summed E-state index contributed by atoms with van der Waals surface area (Å²) in [6, 6.07) is 5.63. The summed E-state index contributed by atoms with van der Waals surface area (Å²) in [6.45, 7) is 1.88. The van der Waals surface area contributed by atoms with Crippen molar-refractivity contribution in [2.75, 3.05) is 5.32 Å². The van der Waals surface area contributed by atoms with E-state index in [1.165, 1.54) is 12.8 Å². The van der Waals surface area contributed by atoms with E-state index in [1.807, 2.05) is 13.0 Å². The molecule has 0 radical (unpaired) electrons. The lowest BCUT2D eigenvalue weighted by atomic mass is 10.0. The third kappa shape index (κ3) is 3.78. The van der Waals surface area contributed by atoms with Crippen LogP contribution >= 0.6 is 0 Å². The SMILES string of the molecule is Cc1cc(C(=O)NC2CCCC2)ccc1NC(=O)C1CCCC1O. The number of aryl methyl sites for hydroxylation is 1. The Morgan fingerprint density at radius 1 is 1.08 bits per heavy atom. The molecule has 2 unspecified atom stereocenters. The number of aliphatic hydroxyl groups is 1. The summed E-state index contributed by atoms with van der Waals surface area (Å²) in [5.41, 5.74) is 2.18. The predicted octanol–water partition coefficient (Wildman–Crippen LogP) is 2.77. The summed E-state index contributed by atoms with van der Waals surface area (Å²) in [7, 11) is 0. The zero-order valence-corrected chi connectivity index (χ0v) is 14.2. The number of benzene rings is 1. The predicted molar refractivity (Wildman–Crippen MR) is 92.9 cm³/mol. The van der Waals surface area contributed by atoms with Gasteiger partial charge in [0.1, 0.15) is 0 Å². The topological polar surface area (TPSA) is 78.4 Å². The second-order valence-corrected chi connectivity index (χ2v) is 7.08. The number of rotatable bonds is 4. The molecule has 0 bridgehead atoms. The first-order valence-corrected chi connectivity index (χ1v) is 8.95. The fourth-order valence-electron chi connectivity index (χ4n) is 3.76. The lowest BCUT2D eigenvalue weighted by molar-refractivity contribution is -0.122. The third-order valence-electron chi connectivity index (χ3n) is 5.25. The van der Waals surface area contributed by atoms with E-state index in [9.17, 15) is 14.7 Å². The van der Waals surface area contributed by atoms with Crippen molar-refractivity contribution in [2.24, 2.45) is 5.92 Å². The highest BCUT2D eigenvalue weighted by molar-refractivity contribution is 5.97. The lowest BCUT2D eigenvalue weighted by Crippen LogP contribution is -2.32. The molecule has 2 aliphatic carbocycles. The van der Waals surface area contributed by atoms with Gasteiger partial charge in [-0.2, -0.15) is 0 Å². The van der Waals surface area contributed by atoms with Crippen molar-refractivity contribution in [3.05, 3.63) is 29.3 Å². The van der Waals surface area contributed by atoms with Crippen molar-refractivity contribution in [3.63, 3.8) is 0 Å². The van der Waals surface area contributed by atoms with Gasteiger partial charge in [0.15, 0.2) is 0 Å². The summed E-state index contributed by atoms with van der Waals surface area (Å²) >= 11 is 0. The van der Waals surface area contributed by atoms with Gasteiger partial charge in [0.25, 0.3) is 5.91 Å². The van der Waals surface area contributed by atoms with Crippen LogP contribution in [0.25, 0.3) is 0 Å². The standard InChI is InChI=1S/C19H26N2O3/c1-12-11-13(18(23)20-14-5-2-3-6-14)9-10-16(12)21-19(24)15-7-4-8-17(15)22/h9-11,14-15,17,22H,2-8H2,1H3,(H,20,23)(H,21,24). The van der Waals surface area contributed by atoms with Crippen LogP contribution in [0.1, 0.15) is 60.9 Å². The highest BCUT2D eigenvalue weighted by Gasteiger charge is 2.31. The lowest BCUT2D eigenvalue weighted by Gasteiger charge is -2.17. The molecule has 24 heavy (non-hydrogen) atoms. The zero-order chi connectivity index (χ0) is 17.1. The fourth-order valence-corrected chi connectivity index (χ4v) is 3.76. The molecule has 0 saturated heterocycles. The van der Waals surface area contributed by atoms with Gasteiger partial charge in [0.2, 0.25) is 5.91 Å². The highest BCUT2D eigenvalue weighted by Crippen LogP contribution is 2.27. The van der Waals surface area contributed by atoms with Crippen LogP contribution in [0.15, 0.2) is 18.2 Å². The van der Waals surface area contributed by atoms with Gasteiger partial charge in [-0.05, 0) is 62.8 Å². The summed E-state index contributed by atoms with van der Waals surface area (Å²) in [6.07, 6.45) is 6.25. The van der Waals surface area contributed by atoms with Gasteiger partial charge in [-0.3, -0.25) is 9.59 Å². The highest BCUT2D eigenvalue weighted by atomic mass is 16.3. The van der Waals surface area contributed by atoms with E-state index in [-0.39, 0.29) is 17.7 Å². The quantitative estimate of drug-likeness (QED) is 0.794. The number of amides is 2. The Balaban J connectivity index is 1.63. The van der Waals surface area contributed by atoms with Crippen LogP contribution < -0.4 is 10.6 Å². The van der Waals surface area contributed by atoms with Crippen LogP contribution in [0.4, 0.5) is 5.69 Å². The molecule has 2 fully saturated rings. The van der Waals surface area contributed by atoms with Crippen molar-refractivity contribution in [1.82, 2.24) is 5.32 Å². The summed E-state index contributed by atoms with van der Waals surface area (Å²) in [5, 5.41) is 15.8. The molecule has 3 N–H and O–H groups in total. The van der Waals surface area contributed by atoms with E-state index in [4.69, 9.17) is 0 Å². The minimum Gasteiger partial charge on any atom is -0.392 e. The van der Waals surface area contributed by atoms with Crippen LogP contribution in [-0.2, 0) is 4.79 Å². The van der Waals surface area contributed by atoms with Gasteiger partial charge in [-0.1, -0.05) is 12.8 Å². The normalized spacial score (nSPS) is 24.1. The van der Waals surface area contributed by atoms with Crippen LogP contribution in [0.5, 0.6) is 0 Å². The Morgan fingerprint density at radius 3 is 2.46 bits per heavy atom. The van der Waals surface area contributed by atoms with E-state index < -0.39 is 6.10 Å². The second kappa shape index (κ2) is 7.34. The average Bonchev–Trinajstić information content (AvgIpc) is 3.20. The smallest absolute Gasteiger partial charge is 0.251 e. The number of hydrogen-bond acceptors (Lipinski definition) is 3. The van der Waals surface area contributed by atoms with Gasteiger partial charge in [-0.15, -0.1) is 0 Å².